The van der Waals surface area contributed by atoms with Gasteiger partial charge in [0.2, 0.25) is 0 Å². The molecule has 3 radical (unpaired) electrons. The second kappa shape index (κ2) is 19.0. The molecule has 0 rings (SSSR count). The van der Waals surface area contributed by atoms with E-state index in [1.54, 1.807) is 0 Å². The van der Waals surface area contributed by atoms with Crippen LogP contribution in [0.1, 0.15) is 25.7 Å². The zero-order valence-electron chi connectivity index (χ0n) is 14.5. The number of carbonyl (C=O) groups excluding carboxylic acids is 6. The van der Waals surface area contributed by atoms with Gasteiger partial charge in [0, 0.05) is 42.7 Å². The van der Waals surface area contributed by atoms with Crippen molar-refractivity contribution >= 4 is 35.8 Å². The van der Waals surface area contributed by atoms with Crippen molar-refractivity contribution in [1.29, 1.82) is 0 Å². The summed E-state index contributed by atoms with van der Waals surface area (Å²) >= 11 is 0. The standard InChI is InChI=1S/C6H8O7.C6H7O7.3Cu.Na/c2*7-3(8)1-6(13,5(11)12)2-4(9)10;;;;/h13H,1-2H2,(H,7,8)(H,9,10)(H,11,12);1-2H2,(H,7,8)(H,9,10)(H,11,12);;;;/q;-1;3*+2;+1/p-6. The van der Waals surface area contributed by atoms with E-state index in [-0.39, 0.29) is 80.8 Å². The maximum atomic E-state index is 10.9. The van der Waals surface area contributed by atoms with Crippen LogP contribution in [0.25, 0.3) is 0 Å². The summed E-state index contributed by atoms with van der Waals surface area (Å²) in [4.78, 5) is 59.9. The van der Waals surface area contributed by atoms with E-state index in [1.165, 1.54) is 0 Å². The van der Waals surface area contributed by atoms with Crippen LogP contribution in [0.5, 0.6) is 0 Å². The number of carboxylic acid groups (broad SMARTS) is 6. The van der Waals surface area contributed by atoms with E-state index >= 15 is 0 Å². The average molecular weight is 591 g/mol. The molecule has 0 aliphatic carbocycles. The summed E-state index contributed by atoms with van der Waals surface area (Å²) < 4.78 is 0. The molecule has 0 saturated heterocycles. The van der Waals surface area contributed by atoms with Gasteiger partial charge >= 0.3 is 80.8 Å². The molecule has 0 aromatic rings. The predicted molar refractivity (Wildman–Crippen MR) is 56.2 cm³/mol. The molecule has 18 heteroatoms. The van der Waals surface area contributed by atoms with Crippen LogP contribution < -0.4 is 65.3 Å². The van der Waals surface area contributed by atoms with Gasteiger partial charge in [-0.25, -0.2) is 0 Å². The van der Waals surface area contributed by atoms with Crippen molar-refractivity contribution in [2.75, 3.05) is 0 Å². The molecule has 0 aliphatic heterocycles. The summed E-state index contributed by atoms with van der Waals surface area (Å²) in [6.07, 6.45) is -5.65. The van der Waals surface area contributed by atoms with Gasteiger partial charge in [-0.2, -0.15) is 0 Å². The van der Waals surface area contributed by atoms with Gasteiger partial charge in [-0.15, -0.1) is 0 Å². The SMILES string of the molecule is O=C([O-])CC(O)(CC(=O)[O-])C(=O)[O-].O=C([O-])CC([O-])(CC(=O)[O-])C(=O)[O-].[Cu+2].[Cu+2].[Cu+2].[Na+]. The first kappa shape index (κ1) is 43.2. The molecule has 14 nitrogen and oxygen atoms in total. The molecule has 0 heterocycles. The molecule has 0 spiro atoms. The molecule has 0 fully saturated rings. The van der Waals surface area contributed by atoms with Crippen LogP contribution >= 0.6 is 0 Å². The zero-order chi connectivity index (χ0) is 21.3. The summed E-state index contributed by atoms with van der Waals surface area (Å²) in [6.45, 7) is 0. The Labute approximate surface area is 221 Å². The van der Waals surface area contributed by atoms with E-state index in [4.69, 9.17) is 5.11 Å². The van der Waals surface area contributed by atoms with Crippen molar-refractivity contribution in [3.8, 4) is 0 Å². The molecule has 30 heavy (non-hydrogen) atoms. The minimum atomic E-state index is -3.22. The topological polar surface area (TPSA) is 284 Å². The maximum absolute atomic E-state index is 10.9. The third-order valence-corrected chi connectivity index (χ3v) is 2.49. The van der Waals surface area contributed by atoms with Crippen LogP contribution in [0.15, 0.2) is 0 Å². The molecule has 0 aromatic heterocycles. The minimum absolute atomic E-state index is 0. The smallest absolute Gasteiger partial charge is 0.845 e. The molecule has 0 aromatic carbocycles. The van der Waals surface area contributed by atoms with Crippen molar-refractivity contribution in [1.82, 2.24) is 0 Å². The van der Waals surface area contributed by atoms with E-state index in [2.05, 4.69) is 0 Å². The fourth-order valence-corrected chi connectivity index (χ4v) is 1.36. The van der Waals surface area contributed by atoms with E-state index < -0.39 is 72.7 Å². The number of carboxylic acids is 6. The Balaban J connectivity index is -0.0000000847. The predicted octanol–water partition coefficient (Wildman–Crippen LogP) is -14.1. The van der Waals surface area contributed by atoms with Crippen LogP contribution in [0.3, 0.4) is 0 Å². The second-order valence-corrected chi connectivity index (χ2v) is 4.80. The number of carbonyl (C=O) groups is 6. The summed E-state index contributed by atoms with van der Waals surface area (Å²) in [5.74, 6) is -12.2. The fourth-order valence-electron chi connectivity index (χ4n) is 1.36. The van der Waals surface area contributed by atoms with Gasteiger partial charge in [0.05, 0.1) is 5.97 Å². The van der Waals surface area contributed by atoms with E-state index in [1.807, 2.05) is 0 Å². The number of aliphatic hydroxyl groups is 1. The van der Waals surface area contributed by atoms with E-state index in [0.29, 0.717) is 0 Å². The largest absolute Gasteiger partial charge is 2.00 e. The molecule has 0 atom stereocenters. The monoisotopic (exact) mass is 589 g/mol. The van der Waals surface area contributed by atoms with Crippen LogP contribution in [0.2, 0.25) is 0 Å². The molecule has 0 saturated carbocycles. The maximum Gasteiger partial charge on any atom is 2.00 e. The van der Waals surface area contributed by atoms with Crippen LogP contribution in [-0.4, -0.2) is 52.1 Å². The minimum Gasteiger partial charge on any atom is -0.845 e. The number of rotatable bonds is 10. The summed E-state index contributed by atoms with van der Waals surface area (Å²) in [5.41, 5.74) is -6.20. The first-order valence-electron chi connectivity index (χ1n) is 6.21. The Bertz CT molecular complexity index is 527. The summed E-state index contributed by atoms with van der Waals surface area (Å²) in [6, 6.07) is 0. The second-order valence-electron chi connectivity index (χ2n) is 4.80. The molecule has 0 aliphatic rings. The van der Waals surface area contributed by atoms with Gasteiger partial charge in [-0.3, -0.25) is 0 Å². The molecular weight excluding hydrogens is 582 g/mol. The Morgan fingerprint density at radius 3 is 0.933 bits per heavy atom. The third kappa shape index (κ3) is 19.3. The molecule has 0 bridgehead atoms. The van der Waals surface area contributed by atoms with Crippen molar-refractivity contribution in [2.24, 2.45) is 0 Å². The summed E-state index contributed by atoms with van der Waals surface area (Å²) in [7, 11) is 0. The van der Waals surface area contributed by atoms with Gasteiger partial charge < -0.3 is 69.6 Å². The Morgan fingerprint density at radius 1 is 0.567 bits per heavy atom. The van der Waals surface area contributed by atoms with Crippen LogP contribution in [-0.2, 0) is 80.0 Å². The van der Waals surface area contributed by atoms with E-state index in [0.717, 1.165) is 0 Å². The third-order valence-electron chi connectivity index (χ3n) is 2.49. The zero-order valence-corrected chi connectivity index (χ0v) is 19.3. The first-order valence-corrected chi connectivity index (χ1v) is 6.21. The molecular formula is C12H9Cu3NaO14. The molecule has 0 amide bonds. The van der Waals surface area contributed by atoms with Gasteiger partial charge in [0.15, 0.2) is 0 Å². The number of aliphatic carboxylic acids is 6. The number of hydrogen-bond acceptors (Lipinski definition) is 14. The average Bonchev–Trinajstić information content (AvgIpc) is 2.34. The summed E-state index contributed by atoms with van der Waals surface area (Å²) in [5, 5.41) is 79.7. The molecule has 1 N–H and O–H groups in total. The van der Waals surface area contributed by atoms with Crippen molar-refractivity contribution in [2.45, 2.75) is 36.9 Å². The molecule has 175 valence electrons. The fraction of sp³-hybridized carbons (Fsp3) is 0.500. The van der Waals surface area contributed by atoms with Crippen molar-refractivity contribution in [3.63, 3.8) is 0 Å². The van der Waals surface area contributed by atoms with Crippen molar-refractivity contribution < 1.29 is 150 Å². The van der Waals surface area contributed by atoms with Crippen LogP contribution in [0.4, 0.5) is 0 Å². The van der Waals surface area contributed by atoms with Gasteiger partial charge in [0.1, 0.15) is 5.60 Å². The molecule has 0 unspecified atom stereocenters. The Kier molecular flexibility index (Phi) is 27.4. The van der Waals surface area contributed by atoms with Crippen LogP contribution in [0, 0.1) is 0 Å². The Morgan fingerprint density at radius 2 is 0.800 bits per heavy atom. The first-order chi connectivity index (χ1) is 11.6. The van der Waals surface area contributed by atoms with Gasteiger partial charge in [-0.1, -0.05) is 5.60 Å². The quantitative estimate of drug-likeness (QED) is 0.231. The Hall–Kier alpha value is -0.702. The van der Waals surface area contributed by atoms with Crippen molar-refractivity contribution in [3.05, 3.63) is 0 Å². The number of hydrogen-bond donors (Lipinski definition) is 1. The normalized spacial score (nSPS) is 9.40. The van der Waals surface area contributed by atoms with Gasteiger partial charge in [0.25, 0.3) is 0 Å². The van der Waals surface area contributed by atoms with Gasteiger partial charge in [-0.05, 0) is 12.8 Å². The van der Waals surface area contributed by atoms with E-state index in [9.17, 15) is 64.5 Å².